The van der Waals surface area contributed by atoms with Gasteiger partial charge in [0.05, 0.1) is 0 Å². The molecule has 0 radical (unpaired) electrons. The van der Waals surface area contributed by atoms with Crippen molar-refractivity contribution in [3.8, 4) is 0 Å². The summed E-state index contributed by atoms with van der Waals surface area (Å²) >= 11 is 5.81. The van der Waals surface area contributed by atoms with E-state index in [-0.39, 0.29) is 11.8 Å². The monoisotopic (exact) mass is 346 g/mol. The van der Waals surface area contributed by atoms with E-state index >= 15 is 0 Å². The van der Waals surface area contributed by atoms with Crippen LogP contribution < -0.4 is 10.6 Å². The molecule has 0 unspecified atom stereocenters. The van der Waals surface area contributed by atoms with Crippen molar-refractivity contribution in [2.75, 3.05) is 25.6 Å². The van der Waals surface area contributed by atoms with Gasteiger partial charge in [0.25, 0.3) is 11.8 Å². The van der Waals surface area contributed by atoms with Crippen molar-refractivity contribution in [2.45, 2.75) is 6.42 Å². The molecule has 0 aliphatic rings. The lowest BCUT2D eigenvalue weighted by atomic mass is 10.1. The minimum absolute atomic E-state index is 0.171. The molecule has 0 aliphatic carbocycles. The van der Waals surface area contributed by atoms with Crippen molar-refractivity contribution in [1.82, 2.24) is 5.32 Å². The van der Waals surface area contributed by atoms with Crippen molar-refractivity contribution in [3.05, 3.63) is 64.7 Å². The number of rotatable bonds is 7. The number of anilines is 1. The minimum atomic E-state index is -0.246. The van der Waals surface area contributed by atoms with Crippen LogP contribution in [0.15, 0.2) is 48.5 Å². The van der Waals surface area contributed by atoms with Crippen LogP contribution in [-0.2, 0) is 4.74 Å². The lowest BCUT2D eigenvalue weighted by molar-refractivity contribution is 0.0947. The van der Waals surface area contributed by atoms with Gasteiger partial charge in [-0.05, 0) is 55.0 Å². The normalized spacial score (nSPS) is 10.2. The molecule has 5 nitrogen and oxygen atoms in total. The Balaban J connectivity index is 1.92. The third kappa shape index (κ3) is 5.37. The molecule has 0 aliphatic heterocycles. The van der Waals surface area contributed by atoms with Gasteiger partial charge in [0.15, 0.2) is 0 Å². The zero-order valence-corrected chi connectivity index (χ0v) is 14.1. The van der Waals surface area contributed by atoms with Crippen LogP contribution in [0.4, 0.5) is 5.69 Å². The van der Waals surface area contributed by atoms with Gasteiger partial charge in [-0.3, -0.25) is 9.59 Å². The Morgan fingerprint density at radius 3 is 2.12 bits per heavy atom. The molecule has 0 heterocycles. The summed E-state index contributed by atoms with van der Waals surface area (Å²) in [6.07, 6.45) is 0.754. The zero-order chi connectivity index (χ0) is 17.4. The van der Waals surface area contributed by atoms with E-state index in [1.54, 1.807) is 55.6 Å². The minimum Gasteiger partial charge on any atom is -0.385 e. The van der Waals surface area contributed by atoms with E-state index < -0.39 is 0 Å². The summed E-state index contributed by atoms with van der Waals surface area (Å²) in [4.78, 5) is 24.1. The maximum absolute atomic E-state index is 12.2. The number of carbonyl (C=O) groups excluding carboxylic acids is 2. The van der Waals surface area contributed by atoms with Crippen LogP contribution in [0, 0.1) is 0 Å². The number of hydrogen-bond donors (Lipinski definition) is 2. The molecule has 0 bridgehead atoms. The number of amides is 2. The molecule has 24 heavy (non-hydrogen) atoms. The highest BCUT2D eigenvalue weighted by molar-refractivity contribution is 6.30. The third-order valence-electron chi connectivity index (χ3n) is 3.32. The first kappa shape index (κ1) is 18.0. The van der Waals surface area contributed by atoms with E-state index in [1.807, 2.05) is 0 Å². The van der Waals surface area contributed by atoms with Crippen molar-refractivity contribution in [3.63, 3.8) is 0 Å². The number of hydrogen-bond acceptors (Lipinski definition) is 3. The number of halogens is 1. The lowest BCUT2D eigenvalue weighted by Crippen LogP contribution is -2.25. The van der Waals surface area contributed by atoms with Crippen LogP contribution >= 0.6 is 11.6 Å². The fraction of sp³-hybridized carbons (Fsp3) is 0.222. The first-order chi connectivity index (χ1) is 11.6. The second kappa shape index (κ2) is 9.05. The first-order valence-corrected chi connectivity index (χ1v) is 7.92. The van der Waals surface area contributed by atoms with Gasteiger partial charge in [0.1, 0.15) is 0 Å². The van der Waals surface area contributed by atoms with Crippen LogP contribution in [0.3, 0.4) is 0 Å². The molecule has 2 aromatic rings. The molecule has 2 amide bonds. The Morgan fingerprint density at radius 2 is 1.54 bits per heavy atom. The Bertz CT molecular complexity index is 684. The average Bonchev–Trinajstić information content (AvgIpc) is 2.60. The molecule has 0 saturated carbocycles. The summed E-state index contributed by atoms with van der Waals surface area (Å²) in [7, 11) is 1.62. The molecule has 0 atom stereocenters. The average molecular weight is 347 g/mol. The van der Waals surface area contributed by atoms with Crippen molar-refractivity contribution < 1.29 is 14.3 Å². The SMILES string of the molecule is COCCCNC(=O)c1ccc(C(=O)Nc2ccc(Cl)cc2)cc1. The summed E-state index contributed by atoms with van der Waals surface area (Å²) in [5.41, 5.74) is 1.64. The fourth-order valence-electron chi connectivity index (χ4n) is 2.03. The fourth-order valence-corrected chi connectivity index (χ4v) is 2.16. The third-order valence-corrected chi connectivity index (χ3v) is 3.57. The molecule has 2 rings (SSSR count). The zero-order valence-electron chi connectivity index (χ0n) is 13.3. The van der Waals surface area contributed by atoms with Crippen LogP contribution in [0.5, 0.6) is 0 Å². The van der Waals surface area contributed by atoms with E-state index in [9.17, 15) is 9.59 Å². The highest BCUT2D eigenvalue weighted by Gasteiger charge is 2.09. The number of carbonyl (C=O) groups is 2. The molecule has 0 fully saturated rings. The first-order valence-electron chi connectivity index (χ1n) is 7.54. The second-order valence-corrected chi connectivity index (χ2v) is 5.58. The smallest absolute Gasteiger partial charge is 0.255 e. The number of methoxy groups -OCH3 is 1. The Labute approximate surface area is 146 Å². The van der Waals surface area contributed by atoms with E-state index in [4.69, 9.17) is 16.3 Å². The Hall–Kier alpha value is -2.37. The Kier molecular flexibility index (Phi) is 6.78. The topological polar surface area (TPSA) is 67.4 Å². The highest BCUT2D eigenvalue weighted by Crippen LogP contribution is 2.14. The summed E-state index contributed by atoms with van der Waals surface area (Å²) in [6, 6.07) is 13.3. The summed E-state index contributed by atoms with van der Waals surface area (Å²) in [6.45, 7) is 1.15. The number of benzene rings is 2. The van der Waals surface area contributed by atoms with Gasteiger partial charge in [0.2, 0.25) is 0 Å². The van der Waals surface area contributed by atoms with E-state index in [2.05, 4.69) is 10.6 Å². The van der Waals surface area contributed by atoms with Crippen LogP contribution in [0.2, 0.25) is 5.02 Å². The van der Waals surface area contributed by atoms with Crippen molar-refractivity contribution >= 4 is 29.1 Å². The van der Waals surface area contributed by atoms with Crippen molar-refractivity contribution in [1.29, 1.82) is 0 Å². The Morgan fingerprint density at radius 1 is 0.958 bits per heavy atom. The standard InChI is InChI=1S/C18H19ClN2O3/c1-24-12-2-11-20-17(22)13-3-5-14(6-4-13)18(23)21-16-9-7-15(19)8-10-16/h3-10H,2,11-12H2,1H3,(H,20,22)(H,21,23). The van der Waals surface area contributed by atoms with Crippen LogP contribution in [0.1, 0.15) is 27.1 Å². The van der Waals surface area contributed by atoms with Gasteiger partial charge >= 0.3 is 0 Å². The molecule has 2 N–H and O–H groups in total. The van der Waals surface area contributed by atoms with Crippen LogP contribution in [0.25, 0.3) is 0 Å². The molecule has 0 spiro atoms. The van der Waals surface area contributed by atoms with Gasteiger partial charge in [-0.15, -0.1) is 0 Å². The van der Waals surface area contributed by atoms with Gasteiger partial charge < -0.3 is 15.4 Å². The van der Waals surface area contributed by atoms with E-state index in [0.29, 0.717) is 35.0 Å². The molecule has 2 aromatic carbocycles. The predicted octanol–water partition coefficient (Wildman–Crippen LogP) is 3.36. The van der Waals surface area contributed by atoms with Crippen molar-refractivity contribution in [2.24, 2.45) is 0 Å². The van der Waals surface area contributed by atoms with Gasteiger partial charge in [-0.1, -0.05) is 11.6 Å². The quantitative estimate of drug-likeness (QED) is 0.755. The summed E-state index contributed by atoms with van der Waals surface area (Å²) in [5, 5.41) is 6.17. The summed E-state index contributed by atoms with van der Waals surface area (Å²) in [5.74, 6) is -0.417. The summed E-state index contributed by atoms with van der Waals surface area (Å²) < 4.78 is 4.92. The molecular formula is C18H19ClN2O3. The molecule has 0 aromatic heterocycles. The maximum Gasteiger partial charge on any atom is 0.255 e. The highest BCUT2D eigenvalue weighted by atomic mass is 35.5. The molecular weight excluding hydrogens is 328 g/mol. The number of ether oxygens (including phenoxy) is 1. The van der Waals surface area contributed by atoms with Gasteiger partial charge in [-0.2, -0.15) is 0 Å². The largest absolute Gasteiger partial charge is 0.385 e. The van der Waals surface area contributed by atoms with E-state index in [0.717, 1.165) is 6.42 Å². The second-order valence-electron chi connectivity index (χ2n) is 5.14. The van der Waals surface area contributed by atoms with Gasteiger partial charge in [0, 0.05) is 42.1 Å². The maximum atomic E-state index is 12.2. The van der Waals surface area contributed by atoms with Crippen LogP contribution in [-0.4, -0.2) is 32.1 Å². The molecule has 6 heteroatoms. The lowest BCUT2D eigenvalue weighted by Gasteiger charge is -2.07. The molecule has 0 saturated heterocycles. The van der Waals surface area contributed by atoms with E-state index in [1.165, 1.54) is 0 Å². The van der Waals surface area contributed by atoms with Gasteiger partial charge in [-0.25, -0.2) is 0 Å². The molecule has 126 valence electrons. The predicted molar refractivity (Wildman–Crippen MR) is 94.7 cm³/mol. The number of nitrogens with one attached hydrogen (secondary N) is 2.